The minimum atomic E-state index is -0.781. The summed E-state index contributed by atoms with van der Waals surface area (Å²) in [6.07, 6.45) is 3.60. The number of aliphatic carboxylic acids is 1. The van der Waals surface area contributed by atoms with Crippen LogP contribution in [0.15, 0.2) is 10.9 Å². The van der Waals surface area contributed by atoms with Crippen molar-refractivity contribution in [1.29, 1.82) is 0 Å². The molecule has 0 bridgehead atoms. The molecule has 3 N–H and O–H groups in total. The lowest BCUT2D eigenvalue weighted by Gasteiger charge is -2.16. The summed E-state index contributed by atoms with van der Waals surface area (Å²) in [5.41, 5.74) is 0. The van der Waals surface area contributed by atoms with Crippen LogP contribution >= 0.6 is 0 Å². The largest absolute Gasteiger partial charge is 0.481 e. The first-order valence-electron chi connectivity index (χ1n) is 6.16. The molecule has 1 aromatic heterocycles. The van der Waals surface area contributed by atoms with Crippen LogP contribution in [0.4, 0.5) is 4.79 Å². The number of nitrogens with zero attached hydrogens (tertiary/aromatic N) is 2. The van der Waals surface area contributed by atoms with E-state index in [0.717, 1.165) is 12.8 Å². The van der Waals surface area contributed by atoms with Crippen molar-refractivity contribution < 1.29 is 19.2 Å². The lowest BCUT2D eigenvalue weighted by Crippen LogP contribution is -2.39. The van der Waals surface area contributed by atoms with Gasteiger partial charge >= 0.3 is 12.0 Å². The zero-order valence-corrected chi connectivity index (χ0v) is 10.3. The highest BCUT2D eigenvalue weighted by Crippen LogP contribution is 2.31. The average molecular weight is 268 g/mol. The molecule has 0 aromatic carbocycles. The number of hydrogen-bond donors (Lipinski definition) is 3. The number of carboxylic acid groups (broad SMARTS) is 1. The number of urea groups is 1. The maximum Gasteiger partial charge on any atom is 0.315 e. The van der Waals surface area contributed by atoms with Gasteiger partial charge in [-0.15, -0.1) is 0 Å². The zero-order valence-electron chi connectivity index (χ0n) is 10.3. The third-order valence-electron chi connectivity index (χ3n) is 3.32. The van der Waals surface area contributed by atoms with E-state index in [1.807, 2.05) is 0 Å². The number of carbonyl (C=O) groups excluding carboxylic acids is 1. The number of nitrogens with one attached hydrogen (secondary N) is 2. The van der Waals surface area contributed by atoms with Crippen molar-refractivity contribution in [3.63, 3.8) is 0 Å². The highest BCUT2D eigenvalue weighted by molar-refractivity contribution is 5.74. The molecule has 2 amide bonds. The molecule has 1 heterocycles. The number of carboxylic acids is 1. The van der Waals surface area contributed by atoms with Crippen LogP contribution < -0.4 is 10.6 Å². The normalized spacial score (nSPS) is 22.1. The van der Waals surface area contributed by atoms with Gasteiger partial charge in [-0.3, -0.25) is 4.79 Å². The van der Waals surface area contributed by atoms with E-state index in [2.05, 4.69) is 25.3 Å². The molecule has 0 aliphatic heterocycles. The van der Waals surface area contributed by atoms with E-state index >= 15 is 0 Å². The van der Waals surface area contributed by atoms with E-state index in [-0.39, 0.29) is 24.4 Å². The molecule has 1 aliphatic rings. The molecule has 2 unspecified atom stereocenters. The Labute approximate surface area is 109 Å². The summed E-state index contributed by atoms with van der Waals surface area (Å²) in [7, 11) is 0. The van der Waals surface area contributed by atoms with Gasteiger partial charge in [0.2, 0.25) is 6.39 Å². The smallest absolute Gasteiger partial charge is 0.315 e. The first kappa shape index (κ1) is 13.3. The van der Waals surface area contributed by atoms with Crippen molar-refractivity contribution >= 4 is 12.0 Å². The quantitative estimate of drug-likeness (QED) is 0.710. The molecule has 0 radical (unpaired) electrons. The van der Waals surface area contributed by atoms with Gasteiger partial charge in [-0.05, 0) is 18.8 Å². The van der Waals surface area contributed by atoms with Crippen LogP contribution in [0.2, 0.25) is 0 Å². The lowest BCUT2D eigenvalue weighted by atomic mass is 9.96. The molecule has 1 fully saturated rings. The Balaban J connectivity index is 1.70. The van der Waals surface area contributed by atoms with Crippen LogP contribution in [-0.2, 0) is 11.3 Å². The van der Waals surface area contributed by atoms with Crippen molar-refractivity contribution in [2.75, 3.05) is 6.54 Å². The van der Waals surface area contributed by atoms with Crippen molar-refractivity contribution in [3.8, 4) is 0 Å². The van der Waals surface area contributed by atoms with E-state index in [1.165, 1.54) is 6.39 Å². The van der Waals surface area contributed by atoms with E-state index in [4.69, 9.17) is 5.11 Å². The van der Waals surface area contributed by atoms with Gasteiger partial charge in [0.1, 0.15) is 0 Å². The lowest BCUT2D eigenvalue weighted by molar-refractivity contribution is -0.142. The fourth-order valence-electron chi connectivity index (χ4n) is 2.32. The molecule has 1 aromatic rings. The third kappa shape index (κ3) is 3.67. The van der Waals surface area contributed by atoms with E-state index in [1.54, 1.807) is 0 Å². The maximum absolute atomic E-state index is 11.5. The molecular formula is C11H16N4O4. The Kier molecular flexibility index (Phi) is 4.32. The van der Waals surface area contributed by atoms with Gasteiger partial charge in [0.25, 0.3) is 0 Å². The summed E-state index contributed by atoms with van der Waals surface area (Å²) in [5, 5.41) is 17.8. The number of aromatic nitrogens is 2. The first-order chi connectivity index (χ1) is 9.16. The predicted octanol–water partition coefficient (Wildman–Crippen LogP) is 0.370. The molecule has 2 rings (SSSR count). The van der Waals surface area contributed by atoms with E-state index in [9.17, 15) is 9.59 Å². The minimum Gasteiger partial charge on any atom is -0.481 e. The van der Waals surface area contributed by atoms with E-state index in [0.29, 0.717) is 18.8 Å². The molecule has 0 spiro atoms. The summed E-state index contributed by atoms with van der Waals surface area (Å²) < 4.78 is 4.53. The highest BCUT2D eigenvalue weighted by atomic mass is 16.5. The summed E-state index contributed by atoms with van der Waals surface area (Å²) >= 11 is 0. The summed E-state index contributed by atoms with van der Waals surface area (Å²) in [6, 6.07) is -0.360. The van der Waals surface area contributed by atoms with Crippen LogP contribution in [0.3, 0.4) is 0 Å². The van der Waals surface area contributed by atoms with Gasteiger partial charge in [-0.1, -0.05) is 11.6 Å². The Morgan fingerprint density at radius 2 is 2.26 bits per heavy atom. The van der Waals surface area contributed by atoms with Gasteiger partial charge in [0.15, 0.2) is 5.82 Å². The van der Waals surface area contributed by atoms with Crippen LogP contribution in [0.25, 0.3) is 0 Å². The molecular weight excluding hydrogens is 252 g/mol. The van der Waals surface area contributed by atoms with Gasteiger partial charge < -0.3 is 20.3 Å². The topological polar surface area (TPSA) is 117 Å². The minimum absolute atomic E-state index is 0.00780. The Hall–Kier alpha value is -2.12. The zero-order chi connectivity index (χ0) is 13.7. The van der Waals surface area contributed by atoms with Crippen LogP contribution in [0.1, 0.15) is 25.1 Å². The fraction of sp³-hybridized carbons (Fsp3) is 0.636. The standard InChI is InChI=1S/C11H16N4O4/c16-10(17)8-3-1-2-7(8)4-12-11(18)13-5-9-14-6-19-15-9/h6-8H,1-5H2,(H,16,17)(H2,12,13,18). The highest BCUT2D eigenvalue weighted by Gasteiger charge is 2.32. The predicted molar refractivity (Wildman–Crippen MR) is 63.0 cm³/mol. The first-order valence-corrected chi connectivity index (χ1v) is 6.16. The van der Waals surface area contributed by atoms with E-state index < -0.39 is 5.97 Å². The fourth-order valence-corrected chi connectivity index (χ4v) is 2.32. The van der Waals surface area contributed by atoms with Crippen molar-refractivity contribution in [2.24, 2.45) is 11.8 Å². The van der Waals surface area contributed by atoms with Gasteiger partial charge in [-0.25, -0.2) is 4.79 Å². The Bertz CT molecular complexity index is 434. The second-order valence-electron chi connectivity index (χ2n) is 4.55. The molecule has 19 heavy (non-hydrogen) atoms. The van der Waals surface area contributed by atoms with Gasteiger partial charge in [0, 0.05) is 6.54 Å². The second kappa shape index (κ2) is 6.17. The molecule has 1 saturated carbocycles. The average Bonchev–Trinajstić information content (AvgIpc) is 3.04. The number of rotatable bonds is 5. The molecule has 0 saturated heterocycles. The summed E-state index contributed by atoms with van der Waals surface area (Å²) in [6.45, 7) is 0.546. The summed E-state index contributed by atoms with van der Waals surface area (Å²) in [5.74, 6) is -0.734. The molecule has 1 aliphatic carbocycles. The molecule has 2 atom stereocenters. The SMILES string of the molecule is O=C(NCc1ncon1)NCC1CCCC1C(=O)O. The van der Waals surface area contributed by atoms with Crippen LogP contribution in [-0.4, -0.2) is 33.8 Å². The Morgan fingerprint density at radius 3 is 2.95 bits per heavy atom. The second-order valence-corrected chi connectivity index (χ2v) is 4.55. The Morgan fingerprint density at radius 1 is 1.42 bits per heavy atom. The van der Waals surface area contributed by atoms with Crippen LogP contribution in [0.5, 0.6) is 0 Å². The van der Waals surface area contributed by atoms with Gasteiger partial charge in [-0.2, -0.15) is 4.98 Å². The molecule has 8 heteroatoms. The third-order valence-corrected chi connectivity index (χ3v) is 3.32. The van der Waals surface area contributed by atoms with Crippen molar-refractivity contribution in [1.82, 2.24) is 20.8 Å². The monoisotopic (exact) mass is 268 g/mol. The summed E-state index contributed by atoms with van der Waals surface area (Å²) in [4.78, 5) is 26.3. The van der Waals surface area contributed by atoms with Crippen LogP contribution in [0, 0.1) is 11.8 Å². The maximum atomic E-state index is 11.5. The number of carbonyl (C=O) groups is 2. The molecule has 104 valence electrons. The number of hydrogen-bond acceptors (Lipinski definition) is 5. The number of amides is 2. The van der Waals surface area contributed by atoms with Crippen molar-refractivity contribution in [2.45, 2.75) is 25.8 Å². The molecule has 8 nitrogen and oxygen atoms in total. The van der Waals surface area contributed by atoms with Crippen molar-refractivity contribution in [3.05, 3.63) is 12.2 Å². The van der Waals surface area contributed by atoms with Gasteiger partial charge in [0.05, 0.1) is 12.5 Å².